The van der Waals surface area contributed by atoms with E-state index in [1.807, 2.05) is 30.1 Å². The number of nitrogens with zero attached hydrogens (tertiary/aromatic N) is 1. The van der Waals surface area contributed by atoms with Gasteiger partial charge in [-0.15, -0.1) is 11.3 Å². The summed E-state index contributed by atoms with van der Waals surface area (Å²) < 4.78 is 14.3. The molecule has 0 saturated heterocycles. The molecule has 0 bridgehead atoms. The molecular formula is C14H16ClFN2S. The summed E-state index contributed by atoms with van der Waals surface area (Å²) >= 11 is 7.45. The molecule has 2 rings (SSSR count). The highest BCUT2D eigenvalue weighted by Gasteiger charge is 2.07. The van der Waals surface area contributed by atoms with E-state index in [9.17, 15) is 4.39 Å². The average Bonchev–Trinajstić information content (AvgIpc) is 2.74. The quantitative estimate of drug-likeness (QED) is 0.912. The van der Waals surface area contributed by atoms with Crippen LogP contribution in [0.5, 0.6) is 0 Å². The van der Waals surface area contributed by atoms with Crippen LogP contribution in [0, 0.1) is 5.82 Å². The molecule has 19 heavy (non-hydrogen) atoms. The third-order valence-corrected chi connectivity index (χ3v) is 4.05. The van der Waals surface area contributed by atoms with Crippen LogP contribution in [0.1, 0.15) is 10.4 Å². The fourth-order valence-corrected chi connectivity index (χ4v) is 3.07. The van der Waals surface area contributed by atoms with Crippen LogP contribution in [0.3, 0.4) is 0 Å². The maximum Gasteiger partial charge on any atom is 0.125 e. The maximum atomic E-state index is 13.6. The summed E-state index contributed by atoms with van der Waals surface area (Å²) in [4.78, 5) is 3.16. The molecule has 0 amide bonds. The molecule has 0 aliphatic heterocycles. The molecule has 5 heteroatoms. The van der Waals surface area contributed by atoms with Crippen molar-refractivity contribution in [2.75, 3.05) is 18.5 Å². The molecule has 1 aromatic heterocycles. The number of benzene rings is 1. The van der Waals surface area contributed by atoms with Gasteiger partial charge in [0, 0.05) is 17.6 Å². The molecular weight excluding hydrogens is 283 g/mol. The number of thiophene rings is 1. The fourth-order valence-electron chi connectivity index (χ4n) is 1.93. The molecule has 2 aromatic rings. The summed E-state index contributed by atoms with van der Waals surface area (Å²) in [6.07, 6.45) is 0.684. The molecule has 0 fully saturated rings. The van der Waals surface area contributed by atoms with Gasteiger partial charge < -0.3 is 10.6 Å². The van der Waals surface area contributed by atoms with E-state index >= 15 is 0 Å². The van der Waals surface area contributed by atoms with Crippen LogP contribution in [-0.4, -0.2) is 13.6 Å². The second kappa shape index (κ2) is 6.37. The number of anilines is 1. The number of hydrogen-bond donors (Lipinski definition) is 1. The minimum atomic E-state index is -0.225. The minimum absolute atomic E-state index is 0.225. The summed E-state index contributed by atoms with van der Waals surface area (Å²) in [5.41, 5.74) is 7.29. The third-order valence-electron chi connectivity index (χ3n) is 2.84. The largest absolute Gasteiger partial charge is 0.369 e. The van der Waals surface area contributed by atoms with Gasteiger partial charge in [0.05, 0.1) is 10.9 Å². The predicted octanol–water partition coefficient (Wildman–Crippen LogP) is 3.68. The van der Waals surface area contributed by atoms with Crippen molar-refractivity contribution >= 4 is 28.6 Å². The highest BCUT2D eigenvalue weighted by Crippen LogP contribution is 2.25. The van der Waals surface area contributed by atoms with E-state index in [0.29, 0.717) is 19.5 Å². The van der Waals surface area contributed by atoms with E-state index in [2.05, 4.69) is 0 Å². The van der Waals surface area contributed by atoms with E-state index in [1.54, 1.807) is 0 Å². The zero-order chi connectivity index (χ0) is 13.8. The van der Waals surface area contributed by atoms with Gasteiger partial charge in [-0.3, -0.25) is 0 Å². The minimum Gasteiger partial charge on any atom is -0.369 e. The molecule has 0 spiro atoms. The molecule has 0 saturated carbocycles. The molecule has 0 atom stereocenters. The second-order valence-corrected chi connectivity index (χ2v) is 6.22. The number of nitrogens with two attached hydrogens (primary N) is 1. The number of rotatable bonds is 5. The normalized spacial score (nSPS) is 10.7. The Labute approximate surface area is 121 Å². The molecule has 0 unspecified atom stereocenters. The molecule has 0 aliphatic carbocycles. The van der Waals surface area contributed by atoms with Gasteiger partial charge in [-0.2, -0.15) is 0 Å². The summed E-state index contributed by atoms with van der Waals surface area (Å²) in [5.74, 6) is -0.225. The monoisotopic (exact) mass is 298 g/mol. The maximum absolute atomic E-state index is 13.6. The Morgan fingerprint density at radius 1 is 1.32 bits per heavy atom. The smallest absolute Gasteiger partial charge is 0.125 e. The third kappa shape index (κ3) is 3.93. The Bertz CT molecular complexity index is 556. The highest BCUT2D eigenvalue weighted by atomic mass is 35.5. The van der Waals surface area contributed by atoms with Gasteiger partial charge in [-0.05, 0) is 48.9 Å². The van der Waals surface area contributed by atoms with Gasteiger partial charge in [0.15, 0.2) is 0 Å². The lowest BCUT2D eigenvalue weighted by Gasteiger charge is -2.19. The molecule has 102 valence electrons. The first kappa shape index (κ1) is 14.3. The van der Waals surface area contributed by atoms with Crippen molar-refractivity contribution in [2.45, 2.75) is 13.0 Å². The van der Waals surface area contributed by atoms with Crippen molar-refractivity contribution in [3.63, 3.8) is 0 Å². The predicted molar refractivity (Wildman–Crippen MR) is 80.6 cm³/mol. The van der Waals surface area contributed by atoms with E-state index < -0.39 is 0 Å². The zero-order valence-electron chi connectivity index (χ0n) is 10.7. The van der Waals surface area contributed by atoms with Crippen LogP contribution in [0.15, 0.2) is 30.3 Å². The Morgan fingerprint density at radius 3 is 2.74 bits per heavy atom. The van der Waals surface area contributed by atoms with Crippen molar-refractivity contribution in [3.05, 3.63) is 50.9 Å². The first-order valence-electron chi connectivity index (χ1n) is 6.03. The first-order valence-corrected chi connectivity index (χ1v) is 7.23. The fraction of sp³-hybridized carbons (Fsp3) is 0.286. The lowest BCUT2D eigenvalue weighted by Crippen LogP contribution is -2.16. The second-order valence-electron chi connectivity index (χ2n) is 4.42. The van der Waals surface area contributed by atoms with E-state index in [0.717, 1.165) is 20.5 Å². The lowest BCUT2D eigenvalue weighted by molar-refractivity contribution is 0.624. The highest BCUT2D eigenvalue weighted by molar-refractivity contribution is 7.16. The summed E-state index contributed by atoms with van der Waals surface area (Å²) in [6.45, 7) is 1.23. The van der Waals surface area contributed by atoms with Crippen molar-refractivity contribution in [1.82, 2.24) is 0 Å². The Morgan fingerprint density at radius 2 is 2.11 bits per heavy atom. The number of halogens is 2. The molecule has 0 aliphatic rings. The average molecular weight is 299 g/mol. The molecule has 0 radical (unpaired) electrons. The Kier molecular flexibility index (Phi) is 4.80. The van der Waals surface area contributed by atoms with Gasteiger partial charge in [0.2, 0.25) is 0 Å². The van der Waals surface area contributed by atoms with E-state index in [4.69, 9.17) is 17.3 Å². The lowest BCUT2D eigenvalue weighted by atomic mass is 10.1. The molecule has 1 heterocycles. The van der Waals surface area contributed by atoms with E-state index in [-0.39, 0.29) is 5.82 Å². The summed E-state index contributed by atoms with van der Waals surface area (Å²) in [5, 5.41) is 0. The SMILES string of the molecule is CN(Cc1ccc(Cl)s1)c1cc(F)cc(CCN)c1. The van der Waals surface area contributed by atoms with E-state index in [1.165, 1.54) is 23.5 Å². The molecule has 2 nitrogen and oxygen atoms in total. The van der Waals surface area contributed by atoms with Crippen LogP contribution in [0.4, 0.5) is 10.1 Å². The Balaban J connectivity index is 2.15. The molecule has 1 aromatic carbocycles. The van der Waals surface area contributed by atoms with Crippen LogP contribution in [0.25, 0.3) is 0 Å². The van der Waals surface area contributed by atoms with Gasteiger partial charge in [0.1, 0.15) is 5.82 Å². The van der Waals surface area contributed by atoms with Crippen LogP contribution >= 0.6 is 22.9 Å². The Hall–Kier alpha value is -1.10. The zero-order valence-corrected chi connectivity index (χ0v) is 12.3. The van der Waals surface area contributed by atoms with Crippen molar-refractivity contribution in [2.24, 2.45) is 5.73 Å². The summed E-state index contributed by atoms with van der Waals surface area (Å²) in [7, 11) is 1.94. The van der Waals surface area contributed by atoms with Gasteiger partial charge in [-0.25, -0.2) is 4.39 Å². The van der Waals surface area contributed by atoms with Gasteiger partial charge >= 0.3 is 0 Å². The van der Waals surface area contributed by atoms with Crippen LogP contribution < -0.4 is 10.6 Å². The van der Waals surface area contributed by atoms with Crippen molar-refractivity contribution in [3.8, 4) is 0 Å². The standard InChI is InChI=1S/C14H16ClFN2S/c1-18(9-13-2-3-14(15)19-13)12-7-10(4-5-17)6-11(16)8-12/h2-3,6-8H,4-5,9,17H2,1H3. The van der Waals surface area contributed by atoms with Gasteiger partial charge in [0.25, 0.3) is 0 Å². The topological polar surface area (TPSA) is 29.3 Å². The van der Waals surface area contributed by atoms with Gasteiger partial charge in [-0.1, -0.05) is 11.6 Å². The molecule has 2 N–H and O–H groups in total. The van der Waals surface area contributed by atoms with Crippen LogP contribution in [0.2, 0.25) is 4.34 Å². The van der Waals surface area contributed by atoms with Crippen molar-refractivity contribution < 1.29 is 4.39 Å². The van der Waals surface area contributed by atoms with Crippen molar-refractivity contribution in [1.29, 1.82) is 0 Å². The van der Waals surface area contributed by atoms with Crippen LogP contribution in [-0.2, 0) is 13.0 Å². The first-order chi connectivity index (χ1) is 9.08. The number of hydrogen-bond acceptors (Lipinski definition) is 3. The summed E-state index contributed by atoms with van der Waals surface area (Å²) in [6, 6.07) is 8.91.